The Morgan fingerprint density at radius 2 is 2.00 bits per heavy atom. The molecule has 4 rings (SSSR count). The van der Waals surface area contributed by atoms with Crippen molar-refractivity contribution in [1.29, 1.82) is 0 Å². The van der Waals surface area contributed by atoms with E-state index in [2.05, 4.69) is 26.5 Å². The Hall–Kier alpha value is -1.54. The number of rotatable bonds is 7. The Bertz CT molecular complexity index is 943. The minimum Gasteiger partial charge on any atom is -0.486 e. The molecule has 0 amide bonds. The van der Waals surface area contributed by atoms with Gasteiger partial charge in [-0.3, -0.25) is 18.6 Å². The fraction of sp³-hybridized carbons (Fsp3) is 0.545. The minimum atomic E-state index is -0.0798. The maximum Gasteiger partial charge on any atom is 0.295 e. The van der Waals surface area contributed by atoms with Crippen LogP contribution in [0.2, 0.25) is 5.02 Å². The van der Waals surface area contributed by atoms with Gasteiger partial charge in [0.25, 0.3) is 5.56 Å². The minimum absolute atomic E-state index is 0.0798. The Kier molecular flexibility index (Phi) is 7.03. The first-order valence-corrected chi connectivity index (χ1v) is 12.1. The highest BCUT2D eigenvalue weighted by atomic mass is 35.5. The van der Waals surface area contributed by atoms with Gasteiger partial charge in [-0.1, -0.05) is 29.6 Å². The average molecular weight is 449 g/mol. The molecule has 6 nitrogen and oxygen atoms in total. The van der Waals surface area contributed by atoms with E-state index in [4.69, 9.17) is 16.3 Å². The van der Waals surface area contributed by atoms with Crippen LogP contribution in [0.3, 0.4) is 0 Å². The van der Waals surface area contributed by atoms with E-state index >= 15 is 0 Å². The molecule has 0 unspecified atom stereocenters. The van der Waals surface area contributed by atoms with Gasteiger partial charge in [-0.05, 0) is 55.2 Å². The lowest BCUT2D eigenvalue weighted by Crippen LogP contribution is -2.32. The van der Waals surface area contributed by atoms with Crippen molar-refractivity contribution < 1.29 is 4.74 Å². The van der Waals surface area contributed by atoms with Crippen LogP contribution in [0.1, 0.15) is 36.7 Å². The van der Waals surface area contributed by atoms with Crippen molar-refractivity contribution in [3.63, 3.8) is 0 Å². The number of benzene rings is 1. The van der Waals surface area contributed by atoms with Crippen LogP contribution in [0.15, 0.2) is 29.2 Å². The van der Waals surface area contributed by atoms with Crippen LogP contribution in [-0.4, -0.2) is 44.7 Å². The largest absolute Gasteiger partial charge is 0.486 e. The zero-order valence-electron chi connectivity index (χ0n) is 17.6. The molecule has 1 aromatic heterocycles. The molecule has 0 spiro atoms. The summed E-state index contributed by atoms with van der Waals surface area (Å²) in [4.78, 5) is 19.9. The van der Waals surface area contributed by atoms with Gasteiger partial charge in [-0.15, -0.1) is 0 Å². The van der Waals surface area contributed by atoms with Crippen LogP contribution in [0.4, 0.5) is 0 Å². The summed E-state index contributed by atoms with van der Waals surface area (Å²) in [5, 5.41) is 0.764. The molecular weight excluding hydrogens is 420 g/mol. The van der Waals surface area contributed by atoms with Gasteiger partial charge in [0.05, 0.1) is 19.3 Å². The second kappa shape index (κ2) is 9.73. The van der Waals surface area contributed by atoms with Crippen LogP contribution in [0.25, 0.3) is 0 Å². The number of fused-ring (bicyclic) bond motifs is 1. The number of hydrogen-bond donors (Lipinski definition) is 0. The van der Waals surface area contributed by atoms with Crippen LogP contribution in [0.5, 0.6) is 5.75 Å². The maximum absolute atomic E-state index is 13.0. The highest BCUT2D eigenvalue weighted by Gasteiger charge is 2.23. The van der Waals surface area contributed by atoms with Gasteiger partial charge in [0.1, 0.15) is 5.82 Å². The summed E-state index contributed by atoms with van der Waals surface area (Å²) >= 11 is 7.92. The fourth-order valence-corrected chi connectivity index (χ4v) is 5.04. The first-order chi connectivity index (χ1) is 14.6. The summed E-state index contributed by atoms with van der Waals surface area (Å²) < 4.78 is 10.0. The Morgan fingerprint density at radius 3 is 2.73 bits per heavy atom. The van der Waals surface area contributed by atoms with Crippen molar-refractivity contribution in [2.45, 2.75) is 45.9 Å². The van der Waals surface area contributed by atoms with Crippen molar-refractivity contribution in [3.05, 3.63) is 56.7 Å². The average Bonchev–Trinajstić information content (AvgIpc) is 3.15. The molecule has 3 heterocycles. The SMILES string of the molecule is CCn1c(CN2Cc3ccc(Cl)cc3C2)ncc(OCC2CCN(SC)CC2)c1=O. The molecule has 2 aliphatic rings. The van der Waals surface area contributed by atoms with Crippen LogP contribution in [0, 0.1) is 5.92 Å². The van der Waals surface area contributed by atoms with Gasteiger partial charge in [0, 0.05) is 37.7 Å². The zero-order chi connectivity index (χ0) is 21.1. The van der Waals surface area contributed by atoms with Crippen molar-refractivity contribution in [3.8, 4) is 5.75 Å². The molecule has 0 N–H and O–H groups in total. The van der Waals surface area contributed by atoms with Gasteiger partial charge >= 0.3 is 0 Å². The topological polar surface area (TPSA) is 50.6 Å². The summed E-state index contributed by atoms with van der Waals surface area (Å²) in [5.41, 5.74) is 2.46. The summed E-state index contributed by atoms with van der Waals surface area (Å²) in [6, 6.07) is 6.04. The zero-order valence-corrected chi connectivity index (χ0v) is 19.2. The third-order valence-electron chi connectivity index (χ3n) is 6.04. The molecule has 30 heavy (non-hydrogen) atoms. The Morgan fingerprint density at radius 1 is 1.23 bits per heavy atom. The normalized spacial score (nSPS) is 18.0. The first-order valence-electron chi connectivity index (χ1n) is 10.6. The number of nitrogens with zero attached hydrogens (tertiary/aromatic N) is 4. The van der Waals surface area contributed by atoms with Gasteiger partial charge in [0.15, 0.2) is 0 Å². The highest BCUT2D eigenvalue weighted by molar-refractivity contribution is 7.96. The number of halogens is 1. The van der Waals surface area contributed by atoms with E-state index in [1.54, 1.807) is 22.7 Å². The quantitative estimate of drug-likeness (QED) is 0.600. The molecule has 1 saturated heterocycles. The number of hydrogen-bond acceptors (Lipinski definition) is 6. The van der Waals surface area contributed by atoms with Crippen LogP contribution >= 0.6 is 23.5 Å². The lowest BCUT2D eigenvalue weighted by atomic mass is 9.99. The molecule has 0 aliphatic carbocycles. The standard InChI is InChI=1S/C22H29ClN4O2S/c1-3-27-21(14-25-12-17-4-5-19(23)10-18(17)13-25)24-11-20(22(27)28)29-15-16-6-8-26(30-2)9-7-16/h4-5,10-11,16H,3,6-9,12-15H2,1-2H3. The maximum atomic E-state index is 13.0. The van der Waals surface area contributed by atoms with Crippen molar-refractivity contribution in [1.82, 2.24) is 18.8 Å². The molecule has 0 atom stereocenters. The molecule has 2 aromatic rings. The molecule has 162 valence electrons. The van der Waals surface area contributed by atoms with Gasteiger partial charge < -0.3 is 4.74 Å². The van der Waals surface area contributed by atoms with Gasteiger partial charge in [0.2, 0.25) is 5.75 Å². The van der Waals surface area contributed by atoms with E-state index in [9.17, 15) is 4.79 Å². The van der Waals surface area contributed by atoms with E-state index < -0.39 is 0 Å². The van der Waals surface area contributed by atoms with Crippen LogP contribution < -0.4 is 10.3 Å². The third kappa shape index (κ3) is 4.85. The lowest BCUT2D eigenvalue weighted by molar-refractivity contribution is 0.187. The molecule has 2 aliphatic heterocycles. The second-order valence-corrected chi connectivity index (χ2v) is 9.33. The third-order valence-corrected chi connectivity index (χ3v) is 7.16. The predicted octanol–water partition coefficient (Wildman–Crippen LogP) is 3.80. The summed E-state index contributed by atoms with van der Waals surface area (Å²) in [5.74, 6) is 1.64. The van der Waals surface area contributed by atoms with Gasteiger partial charge in [-0.25, -0.2) is 4.98 Å². The first kappa shape index (κ1) is 21.7. The molecule has 0 radical (unpaired) electrons. The lowest BCUT2D eigenvalue weighted by Gasteiger charge is -2.29. The smallest absolute Gasteiger partial charge is 0.295 e. The van der Waals surface area contributed by atoms with E-state index in [0.717, 1.165) is 49.9 Å². The summed E-state index contributed by atoms with van der Waals surface area (Å²) in [6.45, 7) is 7.60. The molecule has 0 saturated carbocycles. The van der Waals surface area contributed by atoms with E-state index in [1.807, 2.05) is 19.1 Å². The summed E-state index contributed by atoms with van der Waals surface area (Å²) in [7, 11) is 0. The Balaban J connectivity index is 1.40. The fourth-order valence-electron chi connectivity index (χ4n) is 4.27. The van der Waals surface area contributed by atoms with E-state index in [-0.39, 0.29) is 5.56 Å². The van der Waals surface area contributed by atoms with Crippen LogP contribution in [-0.2, 0) is 26.2 Å². The second-order valence-electron chi connectivity index (χ2n) is 8.01. The molecular formula is C22H29ClN4O2S. The predicted molar refractivity (Wildman–Crippen MR) is 122 cm³/mol. The van der Waals surface area contributed by atoms with E-state index in [1.165, 1.54) is 11.1 Å². The number of piperidine rings is 1. The number of aromatic nitrogens is 2. The highest BCUT2D eigenvalue weighted by Crippen LogP contribution is 2.27. The van der Waals surface area contributed by atoms with Crippen molar-refractivity contribution in [2.24, 2.45) is 5.92 Å². The molecule has 0 bridgehead atoms. The van der Waals surface area contributed by atoms with Crippen molar-refractivity contribution >= 4 is 23.5 Å². The monoisotopic (exact) mass is 448 g/mol. The molecule has 8 heteroatoms. The molecule has 1 aromatic carbocycles. The molecule has 1 fully saturated rings. The van der Waals surface area contributed by atoms with Gasteiger partial charge in [-0.2, -0.15) is 0 Å². The van der Waals surface area contributed by atoms with E-state index in [0.29, 0.717) is 31.4 Å². The van der Waals surface area contributed by atoms with Crippen molar-refractivity contribution in [2.75, 3.05) is 26.0 Å². The summed E-state index contributed by atoms with van der Waals surface area (Å²) in [6.07, 6.45) is 5.94. The Labute approximate surface area is 187 Å². The number of ether oxygens (including phenoxy) is 1.